The van der Waals surface area contributed by atoms with E-state index in [1.54, 1.807) is 35.5 Å². The highest BCUT2D eigenvalue weighted by Gasteiger charge is 2.19. The van der Waals surface area contributed by atoms with Gasteiger partial charge in [-0.2, -0.15) is 5.10 Å². The highest BCUT2D eigenvalue weighted by atomic mass is 32.2. The van der Waals surface area contributed by atoms with E-state index in [-0.39, 0.29) is 11.7 Å². The summed E-state index contributed by atoms with van der Waals surface area (Å²) in [6, 6.07) is 16.1. The van der Waals surface area contributed by atoms with Gasteiger partial charge < -0.3 is 5.32 Å². The number of hydrogen-bond donors (Lipinski definition) is 1. The molecule has 0 spiro atoms. The molecule has 1 amide bonds. The molecule has 4 nitrogen and oxygen atoms in total. The number of hydrogen-bond acceptors (Lipinski definition) is 3. The van der Waals surface area contributed by atoms with E-state index in [1.807, 2.05) is 37.3 Å². The van der Waals surface area contributed by atoms with Gasteiger partial charge in [-0.3, -0.25) is 4.79 Å². The van der Waals surface area contributed by atoms with Crippen molar-refractivity contribution in [3.8, 4) is 5.69 Å². The molecule has 0 unspecified atom stereocenters. The number of aryl methyl sites for hydroxylation is 1. The first-order chi connectivity index (χ1) is 12.6. The summed E-state index contributed by atoms with van der Waals surface area (Å²) in [5, 5.41) is 7.39. The second kappa shape index (κ2) is 8.19. The van der Waals surface area contributed by atoms with Crippen molar-refractivity contribution in [2.75, 3.05) is 12.3 Å². The van der Waals surface area contributed by atoms with Crippen LogP contribution in [0, 0.1) is 19.7 Å². The number of aromatic nitrogens is 2. The SMILES string of the molecule is Cc1nn(-c2ccc(F)cc2)c(C)c1C(=O)NCCSc1ccccc1. The van der Waals surface area contributed by atoms with Crippen molar-refractivity contribution in [2.24, 2.45) is 0 Å². The van der Waals surface area contributed by atoms with Gasteiger partial charge in [0.05, 0.1) is 22.6 Å². The number of thioether (sulfide) groups is 1. The van der Waals surface area contributed by atoms with Crippen LogP contribution in [0.4, 0.5) is 4.39 Å². The summed E-state index contributed by atoms with van der Waals surface area (Å²) in [6.07, 6.45) is 0. The topological polar surface area (TPSA) is 46.9 Å². The minimum absolute atomic E-state index is 0.137. The highest BCUT2D eigenvalue weighted by Crippen LogP contribution is 2.19. The van der Waals surface area contributed by atoms with Gasteiger partial charge in [-0.05, 0) is 50.2 Å². The normalized spacial score (nSPS) is 10.7. The molecule has 134 valence electrons. The Kier molecular flexibility index (Phi) is 5.73. The lowest BCUT2D eigenvalue weighted by Gasteiger charge is -2.07. The Balaban J connectivity index is 1.65. The number of carbonyl (C=O) groups excluding carboxylic acids is 1. The molecule has 0 aliphatic rings. The summed E-state index contributed by atoms with van der Waals surface area (Å²) in [5.41, 5.74) is 2.69. The van der Waals surface area contributed by atoms with Crippen molar-refractivity contribution in [1.29, 1.82) is 0 Å². The molecule has 1 N–H and O–H groups in total. The van der Waals surface area contributed by atoms with Crippen LogP contribution in [-0.4, -0.2) is 28.0 Å². The number of halogens is 1. The third-order valence-corrected chi connectivity index (χ3v) is 5.00. The lowest BCUT2D eigenvalue weighted by molar-refractivity contribution is 0.0955. The Hall–Kier alpha value is -2.60. The van der Waals surface area contributed by atoms with Gasteiger partial charge >= 0.3 is 0 Å². The van der Waals surface area contributed by atoms with E-state index < -0.39 is 0 Å². The van der Waals surface area contributed by atoms with Gasteiger partial charge in [-0.15, -0.1) is 11.8 Å². The molecule has 2 aromatic carbocycles. The lowest BCUT2D eigenvalue weighted by Crippen LogP contribution is -2.26. The summed E-state index contributed by atoms with van der Waals surface area (Å²) < 4.78 is 14.8. The Labute approximate surface area is 156 Å². The number of amides is 1. The van der Waals surface area contributed by atoms with Crippen LogP contribution in [0.15, 0.2) is 59.5 Å². The lowest BCUT2D eigenvalue weighted by atomic mass is 10.2. The van der Waals surface area contributed by atoms with Gasteiger partial charge in [0.25, 0.3) is 5.91 Å². The van der Waals surface area contributed by atoms with Crippen molar-refractivity contribution in [1.82, 2.24) is 15.1 Å². The Morgan fingerprint density at radius 2 is 1.81 bits per heavy atom. The molecule has 0 saturated carbocycles. The monoisotopic (exact) mass is 369 g/mol. The Morgan fingerprint density at radius 3 is 2.50 bits per heavy atom. The van der Waals surface area contributed by atoms with Crippen LogP contribution >= 0.6 is 11.8 Å². The predicted molar refractivity (Wildman–Crippen MR) is 102 cm³/mol. The average molecular weight is 369 g/mol. The van der Waals surface area contributed by atoms with Gasteiger partial charge in [-0.1, -0.05) is 18.2 Å². The van der Waals surface area contributed by atoms with Crippen molar-refractivity contribution in [3.05, 3.63) is 77.4 Å². The van der Waals surface area contributed by atoms with Crippen molar-refractivity contribution >= 4 is 17.7 Å². The molecule has 1 heterocycles. The molecule has 3 aromatic rings. The van der Waals surface area contributed by atoms with Gasteiger partial charge in [0.15, 0.2) is 0 Å². The molecule has 6 heteroatoms. The molecule has 0 saturated heterocycles. The highest BCUT2D eigenvalue weighted by molar-refractivity contribution is 7.99. The zero-order valence-corrected chi connectivity index (χ0v) is 15.5. The summed E-state index contributed by atoms with van der Waals surface area (Å²) in [7, 11) is 0. The average Bonchev–Trinajstić information content (AvgIpc) is 2.94. The maximum absolute atomic E-state index is 13.1. The zero-order chi connectivity index (χ0) is 18.5. The Bertz CT molecular complexity index is 891. The van der Waals surface area contributed by atoms with Gasteiger partial charge in [0, 0.05) is 17.2 Å². The van der Waals surface area contributed by atoms with E-state index in [4.69, 9.17) is 0 Å². The first-order valence-corrected chi connectivity index (χ1v) is 9.33. The summed E-state index contributed by atoms with van der Waals surface area (Å²) in [4.78, 5) is 13.7. The quantitative estimate of drug-likeness (QED) is 0.524. The molecule has 26 heavy (non-hydrogen) atoms. The largest absolute Gasteiger partial charge is 0.351 e. The molecule has 0 fully saturated rings. The molecule has 3 rings (SSSR count). The second-order valence-electron chi connectivity index (χ2n) is 5.85. The predicted octanol–water partition coefficient (Wildman–Crippen LogP) is 4.15. The summed E-state index contributed by atoms with van der Waals surface area (Å²) in [6.45, 7) is 4.22. The van der Waals surface area contributed by atoms with Crippen LogP contribution in [-0.2, 0) is 0 Å². The standard InChI is InChI=1S/C20H20FN3OS/c1-14-19(15(2)24(23-14)17-10-8-16(21)9-11-17)20(25)22-12-13-26-18-6-4-3-5-7-18/h3-11H,12-13H2,1-2H3,(H,22,25). The summed E-state index contributed by atoms with van der Waals surface area (Å²) in [5.74, 6) is 0.353. The fourth-order valence-electron chi connectivity index (χ4n) is 2.74. The zero-order valence-electron chi connectivity index (χ0n) is 14.7. The van der Waals surface area contributed by atoms with Gasteiger partial charge in [-0.25, -0.2) is 9.07 Å². The van der Waals surface area contributed by atoms with Crippen LogP contribution in [0.2, 0.25) is 0 Å². The third kappa shape index (κ3) is 4.14. The van der Waals surface area contributed by atoms with Crippen molar-refractivity contribution < 1.29 is 9.18 Å². The van der Waals surface area contributed by atoms with E-state index in [9.17, 15) is 9.18 Å². The maximum Gasteiger partial charge on any atom is 0.255 e. The third-order valence-electron chi connectivity index (χ3n) is 3.99. The number of benzene rings is 2. The minimum Gasteiger partial charge on any atom is -0.351 e. The van der Waals surface area contributed by atoms with E-state index >= 15 is 0 Å². The molecular formula is C20H20FN3OS. The van der Waals surface area contributed by atoms with Crippen molar-refractivity contribution in [3.63, 3.8) is 0 Å². The maximum atomic E-state index is 13.1. The first-order valence-electron chi connectivity index (χ1n) is 8.34. The fourth-order valence-corrected chi connectivity index (χ4v) is 3.53. The van der Waals surface area contributed by atoms with Crippen LogP contribution in [0.3, 0.4) is 0 Å². The summed E-state index contributed by atoms with van der Waals surface area (Å²) >= 11 is 1.70. The molecule has 1 aromatic heterocycles. The number of rotatable bonds is 6. The molecule has 0 radical (unpaired) electrons. The molecule has 0 aliphatic carbocycles. The molecule has 0 atom stereocenters. The number of nitrogens with one attached hydrogen (secondary N) is 1. The number of carbonyl (C=O) groups is 1. The van der Waals surface area contributed by atoms with Crippen LogP contribution in [0.1, 0.15) is 21.7 Å². The van der Waals surface area contributed by atoms with E-state index in [1.165, 1.54) is 17.0 Å². The van der Waals surface area contributed by atoms with Gasteiger partial charge in [0.2, 0.25) is 0 Å². The smallest absolute Gasteiger partial charge is 0.255 e. The van der Waals surface area contributed by atoms with Crippen LogP contribution in [0.5, 0.6) is 0 Å². The molecule has 0 aliphatic heterocycles. The van der Waals surface area contributed by atoms with E-state index in [2.05, 4.69) is 10.4 Å². The molecule has 0 bridgehead atoms. The Morgan fingerprint density at radius 1 is 1.12 bits per heavy atom. The van der Waals surface area contributed by atoms with Crippen molar-refractivity contribution in [2.45, 2.75) is 18.7 Å². The number of nitrogens with zero attached hydrogens (tertiary/aromatic N) is 2. The fraction of sp³-hybridized carbons (Fsp3) is 0.200. The second-order valence-corrected chi connectivity index (χ2v) is 7.02. The van der Waals surface area contributed by atoms with Crippen LogP contribution in [0.25, 0.3) is 5.69 Å². The van der Waals surface area contributed by atoms with E-state index in [0.717, 1.165) is 17.1 Å². The minimum atomic E-state index is -0.302. The van der Waals surface area contributed by atoms with E-state index in [0.29, 0.717) is 17.8 Å². The van der Waals surface area contributed by atoms with Gasteiger partial charge in [0.1, 0.15) is 5.82 Å². The van der Waals surface area contributed by atoms with Crippen LogP contribution < -0.4 is 5.32 Å². The molecular weight excluding hydrogens is 349 g/mol. The first kappa shape index (κ1) is 18.2.